The third-order valence-electron chi connectivity index (χ3n) is 4.48. The van der Waals surface area contributed by atoms with Crippen LogP contribution in [-0.2, 0) is 6.61 Å². The van der Waals surface area contributed by atoms with Crippen molar-refractivity contribution in [1.82, 2.24) is 5.32 Å². The first-order valence-electron chi connectivity index (χ1n) is 9.56. The molecule has 0 radical (unpaired) electrons. The molecule has 0 saturated carbocycles. The number of carbonyl (C=O) groups excluding carboxylic acids is 1. The van der Waals surface area contributed by atoms with Crippen LogP contribution in [0.25, 0.3) is 0 Å². The van der Waals surface area contributed by atoms with Crippen molar-refractivity contribution < 1.29 is 18.7 Å². The number of amides is 1. The molecular weight excluding hydrogens is 369 g/mol. The monoisotopic (exact) mass is 393 g/mol. The van der Waals surface area contributed by atoms with Gasteiger partial charge in [0.25, 0.3) is 5.91 Å². The van der Waals surface area contributed by atoms with E-state index in [-0.39, 0.29) is 24.4 Å². The van der Waals surface area contributed by atoms with Crippen molar-refractivity contribution in [2.24, 2.45) is 0 Å². The van der Waals surface area contributed by atoms with Crippen molar-refractivity contribution in [2.45, 2.75) is 26.5 Å². The average molecular weight is 393 g/mol. The number of nitrogens with one attached hydrogen (secondary N) is 1. The van der Waals surface area contributed by atoms with Crippen molar-refractivity contribution in [1.29, 1.82) is 0 Å². The maximum absolute atomic E-state index is 13.1. The van der Waals surface area contributed by atoms with Crippen LogP contribution in [-0.4, -0.2) is 12.5 Å². The normalized spacial score (nSPS) is 11.6. The number of rotatable bonds is 8. The van der Waals surface area contributed by atoms with Gasteiger partial charge in [-0.3, -0.25) is 4.79 Å². The summed E-state index contributed by atoms with van der Waals surface area (Å²) < 4.78 is 24.6. The predicted molar refractivity (Wildman–Crippen MR) is 111 cm³/mol. The highest BCUT2D eigenvalue weighted by Crippen LogP contribution is 2.23. The molecule has 4 nitrogen and oxygen atoms in total. The fourth-order valence-corrected chi connectivity index (χ4v) is 2.92. The molecule has 0 heterocycles. The summed E-state index contributed by atoms with van der Waals surface area (Å²) in [5.74, 6) is 0.911. The zero-order valence-electron chi connectivity index (χ0n) is 16.5. The molecular formula is C24H24FNO3. The third-order valence-corrected chi connectivity index (χ3v) is 4.48. The first-order valence-corrected chi connectivity index (χ1v) is 9.56. The smallest absolute Gasteiger partial charge is 0.251 e. The number of halogens is 1. The minimum Gasteiger partial charge on any atom is -0.493 e. The molecule has 0 spiro atoms. The Kier molecular flexibility index (Phi) is 6.85. The van der Waals surface area contributed by atoms with Crippen molar-refractivity contribution >= 4 is 5.91 Å². The quantitative estimate of drug-likeness (QED) is 0.565. The summed E-state index contributed by atoms with van der Waals surface area (Å²) in [5, 5.41) is 2.94. The Hall–Kier alpha value is -3.34. The number of para-hydroxylation sites is 1. The first kappa shape index (κ1) is 20.4. The number of benzene rings is 3. The largest absolute Gasteiger partial charge is 0.493 e. The molecule has 29 heavy (non-hydrogen) atoms. The molecule has 3 aromatic rings. The summed E-state index contributed by atoms with van der Waals surface area (Å²) in [7, 11) is 0. The Morgan fingerprint density at radius 3 is 2.41 bits per heavy atom. The van der Waals surface area contributed by atoms with E-state index in [2.05, 4.69) is 5.32 Å². The van der Waals surface area contributed by atoms with E-state index >= 15 is 0 Å². The maximum Gasteiger partial charge on any atom is 0.251 e. The van der Waals surface area contributed by atoms with Gasteiger partial charge in [0.1, 0.15) is 23.9 Å². The zero-order chi connectivity index (χ0) is 20.6. The van der Waals surface area contributed by atoms with E-state index in [0.29, 0.717) is 17.9 Å². The molecule has 0 aliphatic rings. The molecule has 3 aromatic carbocycles. The van der Waals surface area contributed by atoms with Crippen molar-refractivity contribution in [3.8, 4) is 11.5 Å². The molecule has 0 aliphatic heterocycles. The lowest BCUT2D eigenvalue weighted by Gasteiger charge is -2.16. The van der Waals surface area contributed by atoms with Gasteiger partial charge in [0.2, 0.25) is 0 Å². The summed E-state index contributed by atoms with van der Waals surface area (Å²) in [6.45, 7) is 4.57. The van der Waals surface area contributed by atoms with Crippen LogP contribution in [0.5, 0.6) is 11.5 Å². The van der Waals surface area contributed by atoms with Crippen LogP contribution in [0.3, 0.4) is 0 Å². The van der Waals surface area contributed by atoms with Crippen LogP contribution in [0.15, 0.2) is 72.8 Å². The molecule has 150 valence electrons. The maximum atomic E-state index is 13.1. The van der Waals surface area contributed by atoms with Crippen LogP contribution in [0.2, 0.25) is 0 Å². The molecule has 0 saturated heterocycles. The van der Waals surface area contributed by atoms with E-state index in [4.69, 9.17) is 9.47 Å². The van der Waals surface area contributed by atoms with Gasteiger partial charge in [-0.1, -0.05) is 30.3 Å². The topological polar surface area (TPSA) is 47.6 Å². The molecule has 1 amide bonds. The summed E-state index contributed by atoms with van der Waals surface area (Å²) in [6.07, 6.45) is 0. The minimum atomic E-state index is -0.304. The molecule has 0 unspecified atom stereocenters. The molecule has 0 bridgehead atoms. The van der Waals surface area contributed by atoms with Gasteiger partial charge >= 0.3 is 0 Å². The third kappa shape index (κ3) is 5.57. The Balaban J connectivity index is 1.74. The molecule has 0 fully saturated rings. The fourth-order valence-electron chi connectivity index (χ4n) is 2.92. The lowest BCUT2D eigenvalue weighted by atomic mass is 10.1. The Bertz CT molecular complexity index is 942. The molecule has 5 heteroatoms. The second kappa shape index (κ2) is 9.73. The van der Waals surface area contributed by atoms with Crippen LogP contribution in [0, 0.1) is 5.82 Å². The van der Waals surface area contributed by atoms with Crippen LogP contribution < -0.4 is 14.8 Å². The van der Waals surface area contributed by atoms with Crippen LogP contribution >= 0.6 is 0 Å². The molecule has 1 N–H and O–H groups in total. The molecule has 0 aromatic heterocycles. The lowest BCUT2D eigenvalue weighted by molar-refractivity contribution is 0.0939. The van der Waals surface area contributed by atoms with Gasteiger partial charge in [0.05, 0.1) is 12.6 Å². The number of carbonyl (C=O) groups is 1. The van der Waals surface area contributed by atoms with Gasteiger partial charge in [0.15, 0.2) is 0 Å². The highest BCUT2D eigenvalue weighted by atomic mass is 19.1. The lowest BCUT2D eigenvalue weighted by Crippen LogP contribution is -2.26. The van der Waals surface area contributed by atoms with Gasteiger partial charge in [-0.05, 0) is 61.9 Å². The van der Waals surface area contributed by atoms with Gasteiger partial charge in [-0.2, -0.15) is 0 Å². The van der Waals surface area contributed by atoms with Crippen LogP contribution in [0.1, 0.15) is 41.4 Å². The average Bonchev–Trinajstić information content (AvgIpc) is 2.74. The van der Waals surface area contributed by atoms with Gasteiger partial charge in [0, 0.05) is 11.1 Å². The van der Waals surface area contributed by atoms with Crippen LogP contribution in [0.4, 0.5) is 4.39 Å². The van der Waals surface area contributed by atoms with E-state index < -0.39 is 0 Å². The second-order valence-electron chi connectivity index (χ2n) is 6.60. The van der Waals surface area contributed by atoms with Gasteiger partial charge in [-0.15, -0.1) is 0 Å². The standard InChI is InChI=1S/C24H24FNO3/c1-3-28-23-14-11-19(15-20(23)16-29-22-7-5-4-6-8-22)24(27)26-17(2)18-9-12-21(25)13-10-18/h4-15,17H,3,16H2,1-2H3,(H,26,27)/t17-/m1/s1. The number of hydrogen-bond acceptors (Lipinski definition) is 3. The minimum absolute atomic E-state index is 0.217. The molecule has 0 aliphatic carbocycles. The number of hydrogen-bond donors (Lipinski definition) is 1. The highest BCUT2D eigenvalue weighted by Gasteiger charge is 2.14. The summed E-state index contributed by atoms with van der Waals surface area (Å²) in [6, 6.07) is 20.6. The first-order chi connectivity index (χ1) is 14.1. The van der Waals surface area contributed by atoms with Crippen molar-refractivity contribution in [3.05, 3.63) is 95.3 Å². The van der Waals surface area contributed by atoms with E-state index in [0.717, 1.165) is 16.9 Å². The summed E-state index contributed by atoms with van der Waals surface area (Å²) >= 11 is 0. The highest BCUT2D eigenvalue weighted by molar-refractivity contribution is 5.94. The fraction of sp³-hybridized carbons (Fsp3) is 0.208. The second-order valence-corrected chi connectivity index (χ2v) is 6.60. The zero-order valence-corrected chi connectivity index (χ0v) is 16.5. The van der Waals surface area contributed by atoms with E-state index in [1.807, 2.05) is 44.2 Å². The molecule has 1 atom stereocenters. The van der Waals surface area contributed by atoms with Gasteiger partial charge in [-0.25, -0.2) is 4.39 Å². The number of ether oxygens (including phenoxy) is 2. The van der Waals surface area contributed by atoms with E-state index in [9.17, 15) is 9.18 Å². The SMILES string of the molecule is CCOc1ccc(C(=O)N[C@H](C)c2ccc(F)cc2)cc1COc1ccccc1. The van der Waals surface area contributed by atoms with Crippen molar-refractivity contribution in [3.63, 3.8) is 0 Å². The van der Waals surface area contributed by atoms with E-state index in [1.165, 1.54) is 12.1 Å². The Morgan fingerprint density at radius 1 is 1.00 bits per heavy atom. The predicted octanol–water partition coefficient (Wildman–Crippen LogP) is 5.29. The Labute approximate surface area is 170 Å². The summed E-state index contributed by atoms with van der Waals surface area (Å²) in [4.78, 5) is 12.7. The summed E-state index contributed by atoms with van der Waals surface area (Å²) in [5.41, 5.74) is 2.13. The van der Waals surface area contributed by atoms with E-state index in [1.54, 1.807) is 30.3 Å². The Morgan fingerprint density at radius 2 is 1.72 bits per heavy atom. The van der Waals surface area contributed by atoms with Gasteiger partial charge < -0.3 is 14.8 Å². The molecule has 3 rings (SSSR count). The van der Waals surface area contributed by atoms with Crippen molar-refractivity contribution in [2.75, 3.05) is 6.61 Å².